The second-order valence-electron chi connectivity index (χ2n) is 10.0. The average Bonchev–Trinajstić information content (AvgIpc) is 3.24. The molecule has 1 aliphatic carbocycles. The Morgan fingerprint density at radius 3 is 1.55 bits per heavy atom. The summed E-state index contributed by atoms with van der Waals surface area (Å²) in [5.74, 6) is -0.364. The summed E-state index contributed by atoms with van der Waals surface area (Å²) >= 11 is 0. The van der Waals surface area contributed by atoms with Gasteiger partial charge < -0.3 is 15.3 Å². The molecule has 0 bridgehead atoms. The van der Waals surface area contributed by atoms with E-state index in [1.807, 2.05) is 76.2 Å². The summed E-state index contributed by atoms with van der Waals surface area (Å²) in [5.41, 5.74) is 8.16. The van der Waals surface area contributed by atoms with Crippen molar-refractivity contribution in [2.75, 3.05) is 0 Å². The van der Waals surface area contributed by atoms with Crippen LogP contribution < -0.4 is 0 Å². The molecule has 0 aromatic heterocycles. The van der Waals surface area contributed by atoms with Crippen LogP contribution >= 0.6 is 0 Å². The Labute approximate surface area is 224 Å². The number of fused-ring (bicyclic) bond motifs is 3. The van der Waals surface area contributed by atoms with E-state index in [-0.39, 0.29) is 5.56 Å². The van der Waals surface area contributed by atoms with E-state index >= 15 is 0 Å². The van der Waals surface area contributed by atoms with E-state index in [0.717, 1.165) is 55.6 Å². The lowest BCUT2D eigenvalue weighted by Crippen LogP contribution is -2.31. The average molecular weight is 507 g/mol. The normalized spacial score (nSPS) is 13.3. The van der Waals surface area contributed by atoms with Crippen molar-refractivity contribution in [1.29, 1.82) is 0 Å². The summed E-state index contributed by atoms with van der Waals surface area (Å²) < 4.78 is 0. The topological polar surface area (TPSA) is 77.8 Å². The Morgan fingerprint density at radius 1 is 0.658 bits per heavy atom. The van der Waals surface area contributed by atoms with Crippen molar-refractivity contribution in [3.63, 3.8) is 0 Å². The minimum Gasteiger partial charge on any atom is -0.507 e. The number of carboxylic acids is 1. The van der Waals surface area contributed by atoms with Crippen LogP contribution in [0.15, 0.2) is 66.7 Å². The van der Waals surface area contributed by atoms with Crippen molar-refractivity contribution in [3.8, 4) is 22.6 Å². The van der Waals surface area contributed by atoms with Crippen LogP contribution in [0.5, 0.6) is 11.5 Å². The fourth-order valence-electron chi connectivity index (χ4n) is 6.34. The Bertz CT molecular complexity index is 1450. The Balaban J connectivity index is 2.06. The Kier molecular flexibility index (Phi) is 6.52. The molecular weight excluding hydrogens is 472 g/mol. The zero-order valence-electron chi connectivity index (χ0n) is 22.4. The Morgan fingerprint density at radius 2 is 1.11 bits per heavy atom. The van der Waals surface area contributed by atoms with Gasteiger partial charge in [-0.05, 0) is 87.4 Å². The quantitative estimate of drug-likeness (QED) is 0.215. The third kappa shape index (κ3) is 3.54. The highest BCUT2D eigenvalue weighted by Crippen LogP contribution is 2.58. The van der Waals surface area contributed by atoms with E-state index < -0.39 is 11.4 Å². The zero-order valence-corrected chi connectivity index (χ0v) is 22.4. The fourth-order valence-corrected chi connectivity index (χ4v) is 6.34. The molecule has 38 heavy (non-hydrogen) atoms. The molecule has 0 spiro atoms. The lowest BCUT2D eigenvalue weighted by atomic mass is 9.65. The van der Waals surface area contributed by atoms with Gasteiger partial charge >= 0.3 is 5.97 Å². The molecule has 0 heterocycles. The minimum absolute atomic E-state index is 0.257. The highest BCUT2D eigenvalue weighted by Gasteiger charge is 2.49. The van der Waals surface area contributed by atoms with Crippen LogP contribution in [0.4, 0.5) is 0 Å². The standard InChI is InChI=1S/C34H34O4/c1-5-20-16-24(17-21(6-2)31(20)35)34(25-18-22(7-3)32(36)23(8-4)19-25)29-15-10-9-12-26(29)27-13-11-14-28(30(27)34)33(37)38/h9-19,35-36H,5-8H2,1-4H3,(H,37,38). The minimum atomic E-state index is -0.977. The molecule has 0 saturated heterocycles. The van der Waals surface area contributed by atoms with Crippen molar-refractivity contribution in [2.45, 2.75) is 58.8 Å². The van der Waals surface area contributed by atoms with Gasteiger partial charge in [-0.15, -0.1) is 0 Å². The fraction of sp³-hybridized carbons (Fsp3) is 0.265. The molecule has 0 amide bonds. The van der Waals surface area contributed by atoms with E-state index in [4.69, 9.17) is 0 Å². The first-order valence-corrected chi connectivity index (χ1v) is 13.5. The highest BCUT2D eigenvalue weighted by molar-refractivity contribution is 5.98. The van der Waals surface area contributed by atoms with Crippen LogP contribution in [-0.4, -0.2) is 21.3 Å². The smallest absolute Gasteiger partial charge is 0.336 e. The first kappa shape index (κ1) is 25.6. The van der Waals surface area contributed by atoms with Gasteiger partial charge in [0.15, 0.2) is 0 Å². The SMILES string of the molecule is CCc1cc(C2(c3cc(CC)c(O)c(CC)c3)c3ccccc3-c3cccc(C(=O)O)c32)cc(CC)c1O. The first-order valence-electron chi connectivity index (χ1n) is 13.5. The van der Waals surface area contributed by atoms with Crippen molar-refractivity contribution >= 4 is 5.97 Å². The number of phenolic OH excluding ortho intramolecular Hbond substituents is 2. The van der Waals surface area contributed by atoms with Gasteiger partial charge in [0.2, 0.25) is 0 Å². The molecule has 0 saturated carbocycles. The third-order valence-electron chi connectivity index (χ3n) is 8.22. The number of rotatable bonds is 7. The summed E-state index contributed by atoms with van der Waals surface area (Å²) in [6.45, 7) is 8.09. The summed E-state index contributed by atoms with van der Waals surface area (Å²) in [5, 5.41) is 32.5. The van der Waals surface area contributed by atoms with E-state index in [0.29, 0.717) is 37.2 Å². The van der Waals surface area contributed by atoms with Gasteiger partial charge in [0, 0.05) is 0 Å². The maximum absolute atomic E-state index is 12.8. The van der Waals surface area contributed by atoms with E-state index in [9.17, 15) is 20.1 Å². The van der Waals surface area contributed by atoms with Crippen LogP contribution in [0, 0.1) is 0 Å². The summed E-state index contributed by atoms with van der Waals surface area (Å²) in [6.07, 6.45) is 2.59. The molecule has 0 radical (unpaired) electrons. The van der Waals surface area contributed by atoms with Gasteiger partial charge in [-0.25, -0.2) is 4.79 Å². The summed E-state index contributed by atoms with van der Waals surface area (Å²) in [6, 6.07) is 21.8. The number of hydrogen-bond acceptors (Lipinski definition) is 3. The molecule has 4 nitrogen and oxygen atoms in total. The van der Waals surface area contributed by atoms with Crippen LogP contribution in [0.2, 0.25) is 0 Å². The molecule has 4 aromatic rings. The van der Waals surface area contributed by atoms with Gasteiger partial charge in [0.1, 0.15) is 11.5 Å². The monoisotopic (exact) mass is 506 g/mol. The molecule has 1 aliphatic rings. The van der Waals surface area contributed by atoms with Crippen LogP contribution in [-0.2, 0) is 31.1 Å². The highest BCUT2D eigenvalue weighted by atomic mass is 16.4. The maximum Gasteiger partial charge on any atom is 0.336 e. The number of carboxylic acid groups (broad SMARTS) is 1. The maximum atomic E-state index is 12.8. The first-order chi connectivity index (χ1) is 18.3. The number of benzene rings is 4. The summed E-state index contributed by atoms with van der Waals surface area (Å²) in [4.78, 5) is 12.8. The number of aromatic hydroxyl groups is 2. The molecule has 0 aliphatic heterocycles. The van der Waals surface area contributed by atoms with Crippen molar-refractivity contribution < 1.29 is 20.1 Å². The third-order valence-corrected chi connectivity index (χ3v) is 8.22. The van der Waals surface area contributed by atoms with Crippen molar-refractivity contribution in [3.05, 3.63) is 117 Å². The number of aromatic carboxylic acids is 1. The number of phenols is 2. The molecular formula is C34H34O4. The lowest BCUT2D eigenvalue weighted by molar-refractivity contribution is 0.0695. The van der Waals surface area contributed by atoms with Gasteiger partial charge in [-0.2, -0.15) is 0 Å². The van der Waals surface area contributed by atoms with Crippen LogP contribution in [0.3, 0.4) is 0 Å². The molecule has 4 aromatic carbocycles. The largest absolute Gasteiger partial charge is 0.507 e. The van der Waals surface area contributed by atoms with E-state index in [2.05, 4.69) is 12.1 Å². The molecule has 4 heteroatoms. The predicted molar refractivity (Wildman–Crippen MR) is 152 cm³/mol. The number of aryl methyl sites for hydroxylation is 4. The van der Waals surface area contributed by atoms with Gasteiger partial charge in [0.25, 0.3) is 0 Å². The Hall–Kier alpha value is -4.05. The van der Waals surface area contributed by atoms with Crippen LogP contribution in [0.1, 0.15) is 82.6 Å². The second-order valence-corrected chi connectivity index (χ2v) is 10.0. The molecule has 0 atom stereocenters. The second kappa shape index (κ2) is 9.68. The van der Waals surface area contributed by atoms with E-state index in [1.54, 1.807) is 6.07 Å². The molecule has 5 rings (SSSR count). The van der Waals surface area contributed by atoms with Crippen molar-refractivity contribution in [1.82, 2.24) is 0 Å². The number of hydrogen-bond donors (Lipinski definition) is 3. The molecule has 3 N–H and O–H groups in total. The molecule has 194 valence electrons. The van der Waals surface area contributed by atoms with Gasteiger partial charge in [0.05, 0.1) is 11.0 Å². The van der Waals surface area contributed by atoms with Crippen molar-refractivity contribution in [2.24, 2.45) is 0 Å². The van der Waals surface area contributed by atoms with Gasteiger partial charge in [-0.3, -0.25) is 0 Å². The predicted octanol–water partition coefficient (Wildman–Crippen LogP) is 7.41. The molecule has 0 fully saturated rings. The number of carbonyl (C=O) groups is 1. The summed E-state index contributed by atoms with van der Waals surface area (Å²) in [7, 11) is 0. The zero-order chi connectivity index (χ0) is 27.2. The van der Waals surface area contributed by atoms with Gasteiger partial charge in [-0.1, -0.05) is 88.4 Å². The van der Waals surface area contributed by atoms with Crippen LogP contribution in [0.25, 0.3) is 11.1 Å². The molecule has 0 unspecified atom stereocenters. The lowest BCUT2D eigenvalue weighted by Gasteiger charge is -2.36. The van der Waals surface area contributed by atoms with E-state index in [1.165, 1.54) is 0 Å².